The number of amides is 2. The van der Waals surface area contributed by atoms with Gasteiger partial charge in [-0.25, -0.2) is 0 Å². The molecule has 0 spiro atoms. The predicted octanol–water partition coefficient (Wildman–Crippen LogP) is 0.947. The monoisotopic (exact) mass is 269 g/mol. The van der Waals surface area contributed by atoms with Gasteiger partial charge in [-0.3, -0.25) is 14.6 Å². The number of hydrogen-bond donors (Lipinski definition) is 2. The number of nitrogens with zero attached hydrogens (tertiary/aromatic N) is 1. The summed E-state index contributed by atoms with van der Waals surface area (Å²) in [6.07, 6.45) is 2.63. The molecule has 2 N–H and O–H groups in total. The Morgan fingerprint density at radius 2 is 2.00 bits per heavy atom. The third-order valence-corrected chi connectivity index (χ3v) is 2.43. The van der Waals surface area contributed by atoms with Gasteiger partial charge >= 0.3 is 0 Å². The highest BCUT2D eigenvalue weighted by atomic mass is 35.5. The zero-order valence-corrected chi connectivity index (χ0v) is 10.7. The largest absolute Gasteiger partial charge is 0.354 e. The average molecular weight is 270 g/mol. The van der Waals surface area contributed by atoms with Crippen LogP contribution in [0.25, 0.3) is 0 Å². The van der Waals surface area contributed by atoms with Gasteiger partial charge in [-0.2, -0.15) is 0 Å². The molecule has 1 rings (SSSR count). The highest BCUT2D eigenvalue weighted by Gasteiger charge is 2.05. The minimum atomic E-state index is -0.245. The molecule has 0 fully saturated rings. The second kappa shape index (κ2) is 8.47. The van der Waals surface area contributed by atoms with E-state index in [-0.39, 0.29) is 11.8 Å². The van der Waals surface area contributed by atoms with Crippen molar-refractivity contribution < 1.29 is 9.59 Å². The van der Waals surface area contributed by atoms with Crippen molar-refractivity contribution in [2.24, 2.45) is 0 Å². The van der Waals surface area contributed by atoms with Crippen LogP contribution >= 0.6 is 11.6 Å². The van der Waals surface area contributed by atoms with Gasteiger partial charge in [0.25, 0.3) is 5.91 Å². The van der Waals surface area contributed by atoms with Crippen LogP contribution in [0.5, 0.6) is 0 Å². The van der Waals surface area contributed by atoms with Crippen LogP contribution in [0.3, 0.4) is 0 Å². The molecule has 0 radical (unpaired) electrons. The first-order valence-electron chi connectivity index (χ1n) is 5.76. The molecule has 0 aliphatic carbocycles. The average Bonchev–Trinajstić information content (AvgIpc) is 2.42. The summed E-state index contributed by atoms with van der Waals surface area (Å²) in [6, 6.07) is 5.12. The van der Waals surface area contributed by atoms with Crippen molar-refractivity contribution in [3.05, 3.63) is 30.1 Å². The lowest BCUT2D eigenvalue weighted by Crippen LogP contribution is -2.34. The van der Waals surface area contributed by atoms with Crippen LogP contribution in [0.1, 0.15) is 23.3 Å². The zero-order chi connectivity index (χ0) is 13.2. The third kappa shape index (κ3) is 5.63. The summed E-state index contributed by atoms with van der Waals surface area (Å²) in [5.41, 5.74) is 0.367. The van der Waals surface area contributed by atoms with Gasteiger partial charge in [-0.15, -0.1) is 11.6 Å². The van der Waals surface area contributed by atoms with Gasteiger partial charge < -0.3 is 10.6 Å². The molecule has 0 aliphatic rings. The van der Waals surface area contributed by atoms with Crippen LogP contribution in [0, 0.1) is 0 Å². The number of rotatable bonds is 7. The number of halogens is 1. The Balaban J connectivity index is 2.15. The van der Waals surface area contributed by atoms with Crippen LogP contribution in [-0.4, -0.2) is 35.8 Å². The van der Waals surface area contributed by atoms with Gasteiger partial charge in [-0.1, -0.05) is 6.07 Å². The Kier molecular flexibility index (Phi) is 6.79. The predicted molar refractivity (Wildman–Crippen MR) is 69.5 cm³/mol. The molecule has 0 atom stereocenters. The Bertz CT molecular complexity index is 384. The molecule has 1 aromatic rings. The van der Waals surface area contributed by atoms with Gasteiger partial charge in [0.15, 0.2) is 0 Å². The summed E-state index contributed by atoms with van der Waals surface area (Å²) in [5, 5.41) is 5.36. The van der Waals surface area contributed by atoms with Gasteiger partial charge in [0, 0.05) is 31.6 Å². The van der Waals surface area contributed by atoms with E-state index < -0.39 is 0 Å². The van der Waals surface area contributed by atoms with E-state index in [2.05, 4.69) is 15.6 Å². The van der Waals surface area contributed by atoms with Crippen LogP contribution in [0.4, 0.5) is 0 Å². The normalized spacial score (nSPS) is 9.83. The molecular weight excluding hydrogens is 254 g/mol. The topological polar surface area (TPSA) is 71.1 Å². The molecule has 0 aliphatic heterocycles. The molecule has 0 saturated heterocycles. The second-order valence-corrected chi connectivity index (χ2v) is 3.99. The van der Waals surface area contributed by atoms with E-state index in [0.29, 0.717) is 37.5 Å². The minimum absolute atomic E-state index is 0.0530. The molecule has 0 saturated carbocycles. The number of aromatic nitrogens is 1. The first-order chi connectivity index (χ1) is 8.74. The molecule has 0 aromatic carbocycles. The molecule has 1 heterocycles. The maximum absolute atomic E-state index is 11.6. The maximum atomic E-state index is 11.6. The van der Waals surface area contributed by atoms with Crippen molar-refractivity contribution in [3.8, 4) is 0 Å². The van der Waals surface area contributed by atoms with E-state index in [9.17, 15) is 9.59 Å². The number of pyridine rings is 1. The highest BCUT2D eigenvalue weighted by molar-refractivity contribution is 6.17. The third-order valence-electron chi connectivity index (χ3n) is 2.17. The van der Waals surface area contributed by atoms with E-state index in [1.807, 2.05) is 0 Å². The van der Waals surface area contributed by atoms with Crippen LogP contribution < -0.4 is 10.6 Å². The quantitative estimate of drug-likeness (QED) is 0.572. The van der Waals surface area contributed by atoms with E-state index in [4.69, 9.17) is 11.6 Å². The molecule has 0 bridgehead atoms. The summed E-state index contributed by atoms with van der Waals surface area (Å²) in [4.78, 5) is 26.7. The minimum Gasteiger partial charge on any atom is -0.354 e. The molecule has 6 heteroatoms. The molecule has 98 valence electrons. The lowest BCUT2D eigenvalue weighted by atomic mass is 10.3. The molecular formula is C12H16ClN3O2. The fraction of sp³-hybridized carbons (Fsp3) is 0.417. The fourth-order valence-corrected chi connectivity index (χ4v) is 1.41. The lowest BCUT2D eigenvalue weighted by Gasteiger charge is -2.06. The van der Waals surface area contributed by atoms with Crippen LogP contribution in [-0.2, 0) is 4.79 Å². The van der Waals surface area contributed by atoms with E-state index in [0.717, 1.165) is 0 Å². The van der Waals surface area contributed by atoms with Gasteiger partial charge in [0.05, 0.1) is 0 Å². The van der Waals surface area contributed by atoms with Crippen molar-refractivity contribution in [1.29, 1.82) is 0 Å². The summed E-state index contributed by atoms with van der Waals surface area (Å²) in [7, 11) is 0. The van der Waals surface area contributed by atoms with Crippen molar-refractivity contribution in [2.45, 2.75) is 12.8 Å². The van der Waals surface area contributed by atoms with Crippen LogP contribution in [0.2, 0.25) is 0 Å². The van der Waals surface area contributed by atoms with Crippen molar-refractivity contribution in [3.63, 3.8) is 0 Å². The van der Waals surface area contributed by atoms with Crippen molar-refractivity contribution in [1.82, 2.24) is 15.6 Å². The standard InChI is InChI=1S/C12H16ClN3O2/c13-6-3-5-11(17)15-8-9-16-12(18)10-4-1-2-7-14-10/h1-2,4,7H,3,5-6,8-9H2,(H,15,17)(H,16,18). The van der Waals surface area contributed by atoms with Crippen molar-refractivity contribution in [2.75, 3.05) is 19.0 Å². The molecule has 1 aromatic heterocycles. The number of nitrogens with one attached hydrogen (secondary N) is 2. The fourth-order valence-electron chi connectivity index (χ4n) is 1.28. The first kappa shape index (κ1) is 14.4. The Labute approximate surface area is 111 Å². The molecule has 0 unspecified atom stereocenters. The van der Waals surface area contributed by atoms with Gasteiger partial charge in [-0.05, 0) is 18.6 Å². The second-order valence-electron chi connectivity index (χ2n) is 3.61. The summed E-state index contributed by atoms with van der Waals surface area (Å²) >= 11 is 5.47. The SMILES string of the molecule is O=C(CCCCl)NCCNC(=O)c1ccccn1. The summed E-state index contributed by atoms with van der Waals surface area (Å²) < 4.78 is 0. The zero-order valence-electron chi connectivity index (χ0n) is 9.99. The number of carbonyl (C=O) groups is 2. The number of alkyl halides is 1. The summed E-state index contributed by atoms with van der Waals surface area (Å²) in [5.74, 6) is 0.178. The Hall–Kier alpha value is -1.62. The smallest absolute Gasteiger partial charge is 0.269 e. The van der Waals surface area contributed by atoms with E-state index in [1.54, 1.807) is 24.4 Å². The number of carbonyl (C=O) groups excluding carboxylic acids is 2. The van der Waals surface area contributed by atoms with Crippen LogP contribution in [0.15, 0.2) is 24.4 Å². The maximum Gasteiger partial charge on any atom is 0.269 e. The Morgan fingerprint density at radius 1 is 1.22 bits per heavy atom. The Morgan fingerprint density at radius 3 is 2.67 bits per heavy atom. The first-order valence-corrected chi connectivity index (χ1v) is 6.29. The van der Waals surface area contributed by atoms with E-state index in [1.165, 1.54) is 0 Å². The van der Waals surface area contributed by atoms with Gasteiger partial charge in [0.2, 0.25) is 5.91 Å². The molecule has 2 amide bonds. The van der Waals surface area contributed by atoms with E-state index >= 15 is 0 Å². The number of hydrogen-bond acceptors (Lipinski definition) is 3. The van der Waals surface area contributed by atoms with Gasteiger partial charge in [0.1, 0.15) is 5.69 Å². The molecule has 18 heavy (non-hydrogen) atoms. The van der Waals surface area contributed by atoms with Crippen molar-refractivity contribution >= 4 is 23.4 Å². The highest BCUT2D eigenvalue weighted by Crippen LogP contribution is 1.92. The summed E-state index contributed by atoms with van der Waals surface area (Å²) in [6.45, 7) is 0.779. The lowest BCUT2D eigenvalue weighted by molar-refractivity contribution is -0.121. The molecule has 5 nitrogen and oxygen atoms in total.